The highest BCUT2D eigenvalue weighted by Crippen LogP contribution is 2.39. The van der Waals surface area contributed by atoms with Crippen LogP contribution in [0, 0.1) is 27.7 Å². The third-order valence-electron chi connectivity index (χ3n) is 12.9. The molecule has 11 nitrogen and oxygen atoms in total. The normalized spacial score (nSPS) is 19.8. The summed E-state index contributed by atoms with van der Waals surface area (Å²) in [5.74, 6) is 3.21. The lowest BCUT2D eigenvalue weighted by Gasteiger charge is -2.20. The third kappa shape index (κ3) is 18.3. The number of aryl methyl sites for hydroxylation is 9. The molecule has 0 aliphatic heterocycles. The molecule has 5 unspecified atom stereocenters. The summed E-state index contributed by atoms with van der Waals surface area (Å²) in [4.78, 5) is 30.3. The molecule has 0 radical (unpaired) electrons. The maximum Gasteiger partial charge on any atom is 0.182 e. The second-order valence-electron chi connectivity index (χ2n) is 17.8. The standard InChI is InChI=1S/C10H17N3S.2C10H16N2S.2C9H14N2S.6CH4/c1-11-6-7-4-3-5-8-9(7)14-10(12-2)13-8;1-7-12-10-8(6-11-2)4-3-5-9(10)13-7;1-7-12-9-5-3-4-8(6-11-2)10(9)13-7;1-6-11-9-7(5-10)3-2-4-8(9)12-6;1-6-11-8-4-2-3-7(5-10)9(8)12-6;;;;;;/h7,11H,3-6H2,1-2H3,(H,12,13);2*8,11H,3-6H2,1-2H3;2*7H,2-5,10H2,1H3;6*1H4. The molecule has 0 fully saturated rings. The van der Waals surface area contributed by atoms with Crippen molar-refractivity contribution >= 4 is 61.8 Å². The molecule has 0 bridgehead atoms. The van der Waals surface area contributed by atoms with Gasteiger partial charge in [0.1, 0.15) is 0 Å². The number of nitrogens with one attached hydrogen (secondary N) is 4. The van der Waals surface area contributed by atoms with E-state index in [1.165, 1.54) is 156 Å². The minimum atomic E-state index is 0. The number of likely N-dealkylation sites (N-methyl/N-ethyl adjacent to an activating group) is 3. The van der Waals surface area contributed by atoms with Gasteiger partial charge in [-0.05, 0) is 145 Å². The number of fused-ring (bicyclic) bond motifs is 5. The molecule has 5 aromatic rings. The summed E-state index contributed by atoms with van der Waals surface area (Å²) in [6.45, 7) is 13.2. The van der Waals surface area contributed by atoms with Gasteiger partial charge in [0.05, 0.1) is 48.5 Å². The second-order valence-corrected chi connectivity index (χ2v) is 23.9. The van der Waals surface area contributed by atoms with Crippen LogP contribution < -0.4 is 32.7 Å². The Bertz CT molecular complexity index is 2030. The zero-order valence-corrected chi connectivity index (χ0v) is 44.0. The number of thiazole rings is 5. The Kier molecular flexibility index (Phi) is 33.2. The van der Waals surface area contributed by atoms with Crippen molar-refractivity contribution < 1.29 is 0 Å². The van der Waals surface area contributed by atoms with Crippen LogP contribution in [0.5, 0.6) is 0 Å². The molecule has 10 rings (SSSR count). The molecule has 0 aromatic carbocycles. The number of hydrogen-bond donors (Lipinski definition) is 6. The molecule has 5 aromatic heterocycles. The largest absolute Gasteiger partial charge is 0.365 e. The van der Waals surface area contributed by atoms with E-state index >= 15 is 0 Å². The van der Waals surface area contributed by atoms with Crippen LogP contribution in [0.15, 0.2) is 0 Å². The number of aromatic nitrogens is 5. The van der Waals surface area contributed by atoms with E-state index < -0.39 is 0 Å². The lowest BCUT2D eigenvalue weighted by Crippen LogP contribution is -2.20. The second kappa shape index (κ2) is 34.3. The molecule has 8 N–H and O–H groups in total. The zero-order chi connectivity index (χ0) is 45.6. The smallest absolute Gasteiger partial charge is 0.182 e. The molecular formula is C54H101N11S5. The van der Waals surface area contributed by atoms with Crippen LogP contribution in [0.25, 0.3) is 0 Å². The number of hydrogen-bond acceptors (Lipinski definition) is 16. The first-order valence-corrected chi connectivity index (χ1v) is 28.0. The molecule has 0 saturated carbocycles. The Hall–Kier alpha value is -2.25. The monoisotopic (exact) mass is 1060 g/mol. The van der Waals surface area contributed by atoms with Crippen LogP contribution in [0.2, 0.25) is 0 Å². The zero-order valence-electron chi connectivity index (χ0n) is 40.0. The third-order valence-corrected chi connectivity index (χ3v) is 18.6. The Labute approximate surface area is 448 Å². The fraction of sp³-hybridized carbons (Fsp3) is 0.722. The van der Waals surface area contributed by atoms with Crippen molar-refractivity contribution in [2.24, 2.45) is 11.5 Å². The van der Waals surface area contributed by atoms with Gasteiger partial charge in [-0.2, -0.15) is 0 Å². The summed E-state index contributed by atoms with van der Waals surface area (Å²) < 4.78 is 0. The molecule has 0 amide bonds. The van der Waals surface area contributed by atoms with E-state index in [1.807, 2.05) is 84.9 Å². The van der Waals surface area contributed by atoms with E-state index in [2.05, 4.69) is 73.9 Å². The first-order valence-electron chi connectivity index (χ1n) is 23.9. The van der Waals surface area contributed by atoms with Crippen molar-refractivity contribution in [3.63, 3.8) is 0 Å². The van der Waals surface area contributed by atoms with E-state index in [0.717, 1.165) is 56.6 Å². The molecular weight excluding hydrogens is 963 g/mol. The topological polar surface area (TPSA) is 165 Å². The summed E-state index contributed by atoms with van der Waals surface area (Å²) in [6, 6.07) is 0. The molecule has 5 heterocycles. The van der Waals surface area contributed by atoms with Crippen LogP contribution in [-0.2, 0) is 32.1 Å². The van der Waals surface area contributed by atoms with E-state index in [-0.39, 0.29) is 44.6 Å². The maximum absolute atomic E-state index is 5.71. The Morgan fingerprint density at radius 3 is 1.20 bits per heavy atom. The van der Waals surface area contributed by atoms with Gasteiger partial charge in [0, 0.05) is 93.7 Å². The average molecular weight is 1060 g/mol. The van der Waals surface area contributed by atoms with E-state index in [0.29, 0.717) is 23.7 Å². The first-order chi connectivity index (χ1) is 31.1. The van der Waals surface area contributed by atoms with Gasteiger partial charge in [-0.15, -0.1) is 56.7 Å². The summed E-state index contributed by atoms with van der Waals surface area (Å²) in [5, 5.41) is 18.8. The predicted octanol–water partition coefficient (Wildman–Crippen LogP) is 13.5. The molecule has 16 heteroatoms. The fourth-order valence-electron chi connectivity index (χ4n) is 9.92. The van der Waals surface area contributed by atoms with Crippen molar-refractivity contribution in [2.45, 2.75) is 198 Å². The first kappa shape index (κ1) is 67.8. The molecule has 70 heavy (non-hydrogen) atoms. The minimum absolute atomic E-state index is 0. The van der Waals surface area contributed by atoms with Crippen molar-refractivity contribution in [3.05, 3.63) is 72.9 Å². The van der Waals surface area contributed by atoms with Gasteiger partial charge in [-0.3, -0.25) is 0 Å². The van der Waals surface area contributed by atoms with Crippen LogP contribution in [0.1, 0.15) is 211 Å². The summed E-state index contributed by atoms with van der Waals surface area (Å²) in [5.41, 5.74) is 18.1. The fourth-order valence-corrected chi connectivity index (χ4v) is 15.4. The Balaban J connectivity index is 0.000000833. The van der Waals surface area contributed by atoms with Gasteiger partial charge in [0.25, 0.3) is 0 Å². The van der Waals surface area contributed by atoms with Gasteiger partial charge in [-0.1, -0.05) is 44.6 Å². The summed E-state index contributed by atoms with van der Waals surface area (Å²) in [7, 11) is 8.02. The van der Waals surface area contributed by atoms with E-state index in [1.54, 1.807) is 0 Å². The number of rotatable bonds is 9. The van der Waals surface area contributed by atoms with Crippen LogP contribution in [0.4, 0.5) is 5.13 Å². The van der Waals surface area contributed by atoms with Gasteiger partial charge < -0.3 is 32.7 Å². The highest BCUT2D eigenvalue weighted by atomic mass is 32.1. The van der Waals surface area contributed by atoms with Crippen LogP contribution >= 0.6 is 56.7 Å². The molecule has 5 aliphatic carbocycles. The van der Waals surface area contributed by atoms with Gasteiger partial charge in [0.2, 0.25) is 0 Å². The van der Waals surface area contributed by atoms with Crippen LogP contribution in [-0.4, -0.2) is 85.8 Å². The maximum atomic E-state index is 5.71. The Morgan fingerprint density at radius 2 is 0.757 bits per heavy atom. The Morgan fingerprint density at radius 1 is 0.414 bits per heavy atom. The lowest BCUT2D eigenvalue weighted by molar-refractivity contribution is 0.522. The highest BCUT2D eigenvalue weighted by molar-refractivity contribution is 7.15. The minimum Gasteiger partial charge on any atom is -0.365 e. The average Bonchev–Trinajstić information content (AvgIpc) is 4.14. The van der Waals surface area contributed by atoms with Gasteiger partial charge in [-0.25, -0.2) is 24.9 Å². The van der Waals surface area contributed by atoms with Gasteiger partial charge in [0.15, 0.2) is 5.13 Å². The number of nitrogens with zero attached hydrogens (tertiary/aromatic N) is 5. The van der Waals surface area contributed by atoms with Crippen molar-refractivity contribution in [1.82, 2.24) is 40.9 Å². The molecule has 5 aliphatic rings. The molecule has 0 saturated heterocycles. The lowest BCUT2D eigenvalue weighted by atomic mass is 9.91. The van der Waals surface area contributed by atoms with Gasteiger partial charge >= 0.3 is 0 Å². The number of anilines is 1. The van der Waals surface area contributed by atoms with Crippen molar-refractivity contribution in [2.75, 3.05) is 66.2 Å². The SMILES string of the molecule is C.C.C.C.C.C.CNCC1CCCc2nc(C)sc21.CNCC1CCCc2nc(NC)sc21.CNCC1CCCc2sc(C)nc21.Cc1nc2c(s1)C(CN)CCC2.Cc1nc2c(s1)CCCC2CN. The van der Waals surface area contributed by atoms with Crippen molar-refractivity contribution in [3.8, 4) is 0 Å². The van der Waals surface area contributed by atoms with Crippen molar-refractivity contribution in [1.29, 1.82) is 0 Å². The van der Waals surface area contributed by atoms with E-state index in [4.69, 9.17) is 11.5 Å². The summed E-state index contributed by atoms with van der Waals surface area (Å²) >= 11 is 9.26. The van der Waals surface area contributed by atoms with Crippen LogP contribution in [0.3, 0.4) is 0 Å². The predicted molar refractivity (Wildman–Crippen MR) is 318 cm³/mol. The number of nitrogens with two attached hydrogens (primary N) is 2. The van der Waals surface area contributed by atoms with E-state index in [9.17, 15) is 0 Å². The molecule has 0 spiro atoms. The molecule has 5 atom stereocenters. The summed E-state index contributed by atoms with van der Waals surface area (Å²) in [6.07, 6.45) is 18.9. The molecule has 402 valence electrons. The highest BCUT2D eigenvalue weighted by Gasteiger charge is 2.27. The quantitative estimate of drug-likeness (QED) is 0.0832.